The molecule has 2 aliphatic heterocycles. The van der Waals surface area contributed by atoms with E-state index < -0.39 is 77.2 Å². The Bertz CT molecular complexity index is 1890. The number of ether oxygens (including phenoxy) is 2. The molecule has 0 radical (unpaired) electrons. The smallest absolute Gasteiger partial charge is 0.407 e. The van der Waals surface area contributed by atoms with Gasteiger partial charge in [-0.05, 0) is 66.6 Å². The van der Waals surface area contributed by atoms with Gasteiger partial charge in [-0.2, -0.15) is 0 Å². The molecule has 17 heteroatoms. The number of likely N-dealkylation sites (N-methyl/N-ethyl adjacent to an activating group) is 1. The van der Waals surface area contributed by atoms with Gasteiger partial charge in [-0.1, -0.05) is 42.5 Å². The van der Waals surface area contributed by atoms with E-state index in [1.807, 2.05) is 18.2 Å². The van der Waals surface area contributed by atoms with E-state index in [0.29, 0.717) is 31.6 Å². The first-order valence-electron chi connectivity index (χ1n) is 17.6. The number of halogens is 2. The number of hydrogen-bond acceptors (Lipinski definition) is 8. The number of nitrogens with zero attached hydrogens (tertiary/aromatic N) is 2. The van der Waals surface area contributed by atoms with Crippen LogP contribution in [0.25, 0.3) is 0 Å². The Kier molecular flexibility index (Phi) is 13.3. The van der Waals surface area contributed by atoms with Crippen LogP contribution in [-0.2, 0) is 41.8 Å². The molecule has 0 spiro atoms. The van der Waals surface area contributed by atoms with Crippen molar-refractivity contribution in [3.8, 4) is 0 Å². The fraction of sp³-hybridized carbons (Fsp3) is 0.368. The molecule has 292 valence electrons. The highest BCUT2D eigenvalue weighted by Gasteiger charge is 2.44. The topological polar surface area (TPSA) is 196 Å². The molecule has 5 N–H and O–H groups in total. The molecule has 3 atom stereocenters. The van der Waals surface area contributed by atoms with Crippen LogP contribution in [0.2, 0.25) is 0 Å². The van der Waals surface area contributed by atoms with E-state index in [2.05, 4.69) is 21.3 Å². The van der Waals surface area contributed by atoms with E-state index in [1.54, 1.807) is 24.3 Å². The molecule has 3 aromatic carbocycles. The van der Waals surface area contributed by atoms with Gasteiger partial charge in [0.15, 0.2) is 0 Å². The fourth-order valence-electron chi connectivity index (χ4n) is 6.31. The summed E-state index contributed by atoms with van der Waals surface area (Å²) in [5.41, 5.74) is 1.03. The zero-order valence-corrected chi connectivity index (χ0v) is 30.2. The number of carboxylic acid groups (broad SMARTS) is 1. The summed E-state index contributed by atoms with van der Waals surface area (Å²) >= 11 is 0. The maximum Gasteiger partial charge on any atom is 0.407 e. The van der Waals surface area contributed by atoms with Crippen molar-refractivity contribution in [2.45, 2.75) is 57.5 Å². The summed E-state index contributed by atoms with van der Waals surface area (Å²) in [4.78, 5) is 80.4. The van der Waals surface area contributed by atoms with Crippen molar-refractivity contribution in [1.29, 1.82) is 0 Å². The summed E-state index contributed by atoms with van der Waals surface area (Å²) in [5, 5.41) is 19.6. The second-order valence-corrected chi connectivity index (χ2v) is 13.2. The molecule has 15 nitrogen and oxygen atoms in total. The molecule has 2 heterocycles. The summed E-state index contributed by atoms with van der Waals surface area (Å²) in [7, 11) is 1.21. The maximum absolute atomic E-state index is 14.7. The Labute approximate surface area is 315 Å². The Hall–Kier alpha value is -6.10. The summed E-state index contributed by atoms with van der Waals surface area (Å²) in [5.74, 6) is -5.45. The maximum atomic E-state index is 14.7. The van der Waals surface area contributed by atoms with Crippen LogP contribution < -0.4 is 21.3 Å². The van der Waals surface area contributed by atoms with E-state index in [1.165, 1.54) is 24.9 Å². The average Bonchev–Trinajstić information content (AvgIpc) is 3.56. The van der Waals surface area contributed by atoms with Crippen molar-refractivity contribution >= 4 is 47.2 Å². The number of fused-ring (bicyclic) bond motifs is 1. The zero-order chi connectivity index (χ0) is 39.6. The van der Waals surface area contributed by atoms with Gasteiger partial charge >= 0.3 is 12.2 Å². The number of alkyl carbamates (subject to hydrolysis) is 1. The Balaban J connectivity index is 1.36. The summed E-state index contributed by atoms with van der Waals surface area (Å²) in [6, 6.07) is 12.8. The van der Waals surface area contributed by atoms with Crippen LogP contribution in [0.4, 0.5) is 29.7 Å². The molecular weight excluding hydrogens is 722 g/mol. The molecule has 0 aromatic heterocycles. The van der Waals surface area contributed by atoms with Gasteiger partial charge in [0, 0.05) is 45.5 Å². The number of hydrogen-bond donors (Lipinski definition) is 5. The highest BCUT2D eigenvalue weighted by molar-refractivity contribution is 6.01. The van der Waals surface area contributed by atoms with Gasteiger partial charge in [-0.25, -0.2) is 18.4 Å². The lowest BCUT2D eigenvalue weighted by atomic mass is 9.90. The number of rotatable bonds is 13. The van der Waals surface area contributed by atoms with Gasteiger partial charge in [0.1, 0.15) is 42.1 Å². The lowest BCUT2D eigenvalue weighted by Gasteiger charge is -2.35. The van der Waals surface area contributed by atoms with E-state index in [-0.39, 0.29) is 37.4 Å². The average molecular weight is 765 g/mol. The highest BCUT2D eigenvalue weighted by atomic mass is 19.1. The van der Waals surface area contributed by atoms with E-state index in [4.69, 9.17) is 9.47 Å². The molecule has 5 rings (SSSR count). The monoisotopic (exact) mass is 764 g/mol. The molecule has 3 aromatic rings. The van der Waals surface area contributed by atoms with Crippen LogP contribution in [0.5, 0.6) is 0 Å². The highest BCUT2D eigenvalue weighted by Crippen LogP contribution is 2.38. The van der Waals surface area contributed by atoms with Crippen LogP contribution in [0.3, 0.4) is 0 Å². The summed E-state index contributed by atoms with van der Waals surface area (Å²) in [6.45, 7) is 1.80. The quantitative estimate of drug-likeness (QED) is 0.170. The Morgan fingerprint density at radius 1 is 0.964 bits per heavy atom. The molecular formula is C38H42F2N6O9. The predicted molar refractivity (Wildman–Crippen MR) is 193 cm³/mol. The van der Waals surface area contributed by atoms with Gasteiger partial charge in [0.05, 0.1) is 0 Å². The molecule has 1 unspecified atom stereocenters. The number of carbonyl (C=O) groups is 6. The van der Waals surface area contributed by atoms with Crippen molar-refractivity contribution in [2.75, 3.05) is 37.4 Å². The van der Waals surface area contributed by atoms with Gasteiger partial charge in [-0.3, -0.25) is 24.1 Å². The second kappa shape index (κ2) is 18.3. The molecule has 55 heavy (non-hydrogen) atoms. The van der Waals surface area contributed by atoms with E-state index in [0.717, 1.165) is 28.7 Å². The van der Waals surface area contributed by atoms with Gasteiger partial charge in [-0.15, -0.1) is 0 Å². The largest absolute Gasteiger partial charge is 0.465 e. The number of anilines is 2. The molecule has 0 bridgehead atoms. The minimum absolute atomic E-state index is 0.0495. The first-order valence-corrected chi connectivity index (χ1v) is 17.6. The SMILES string of the molecule is CC(C(=O)N[C@H](C(=O)N1Cc2ccc(NC(=O)CCNC(=O)OCc3ccccc3)cc2[C@H]1C(=O)Nc1c(F)cccc1F)C1CCOCC1)N(C)C(=O)O. The summed E-state index contributed by atoms with van der Waals surface area (Å²) < 4.78 is 40.1. The molecule has 1 saturated heterocycles. The number of amides is 6. The fourth-order valence-corrected chi connectivity index (χ4v) is 6.31. The zero-order valence-electron chi connectivity index (χ0n) is 30.2. The first kappa shape index (κ1) is 40.1. The van der Waals surface area contributed by atoms with Crippen molar-refractivity contribution in [2.24, 2.45) is 5.92 Å². The van der Waals surface area contributed by atoms with Crippen LogP contribution in [-0.4, -0.2) is 89.6 Å². The third-order valence-electron chi connectivity index (χ3n) is 9.52. The standard InChI is InChI=1S/C38H42F2N6O9/c1-22(45(2)38(52)53)34(48)43-31(24-14-17-54-18-15-24)36(50)46-20-25-11-12-26(19-27(25)33(46)35(49)44-32-28(39)9-6-10-29(32)40)42-30(47)13-16-41-37(51)55-21-23-7-4-3-5-8-23/h3-12,19,22,24,31,33H,13-18,20-21H2,1-2H3,(H,41,51)(H,42,47)(H,43,48)(H,44,49)(H,52,53)/t22?,31-,33-/m0/s1. The third-order valence-corrected chi connectivity index (χ3v) is 9.52. The molecule has 0 saturated carbocycles. The van der Waals surface area contributed by atoms with Crippen molar-refractivity contribution in [3.05, 3.63) is 95.1 Å². The lowest BCUT2D eigenvalue weighted by Crippen LogP contribution is -2.57. The van der Waals surface area contributed by atoms with Crippen molar-refractivity contribution in [3.63, 3.8) is 0 Å². The van der Waals surface area contributed by atoms with Gasteiger partial charge < -0.3 is 40.7 Å². The first-order chi connectivity index (χ1) is 26.3. The van der Waals surface area contributed by atoms with E-state index >= 15 is 0 Å². The minimum Gasteiger partial charge on any atom is -0.465 e. The number of nitrogens with one attached hydrogen (secondary N) is 4. The Morgan fingerprint density at radius 3 is 2.33 bits per heavy atom. The van der Waals surface area contributed by atoms with Gasteiger partial charge in [0.25, 0.3) is 5.91 Å². The van der Waals surface area contributed by atoms with Crippen LogP contribution >= 0.6 is 0 Å². The normalized spacial score (nSPS) is 16.2. The number of carbonyl (C=O) groups excluding carboxylic acids is 5. The van der Waals surface area contributed by atoms with Crippen LogP contribution in [0.15, 0.2) is 66.7 Å². The predicted octanol–water partition coefficient (Wildman–Crippen LogP) is 4.15. The molecule has 1 fully saturated rings. The third kappa shape index (κ3) is 10.1. The molecule has 6 amide bonds. The molecule has 0 aliphatic carbocycles. The minimum atomic E-state index is -1.47. The molecule has 2 aliphatic rings. The van der Waals surface area contributed by atoms with Crippen molar-refractivity contribution in [1.82, 2.24) is 20.4 Å². The van der Waals surface area contributed by atoms with Crippen LogP contribution in [0, 0.1) is 17.6 Å². The summed E-state index contributed by atoms with van der Waals surface area (Å²) in [6.07, 6.45) is -1.47. The number of para-hydroxylation sites is 1. The van der Waals surface area contributed by atoms with Crippen molar-refractivity contribution < 1.29 is 52.1 Å². The van der Waals surface area contributed by atoms with Crippen LogP contribution in [0.1, 0.15) is 48.9 Å². The second-order valence-electron chi connectivity index (χ2n) is 13.2. The van der Waals surface area contributed by atoms with Gasteiger partial charge in [0.2, 0.25) is 17.7 Å². The number of benzene rings is 3. The lowest BCUT2D eigenvalue weighted by molar-refractivity contribution is -0.144. The van der Waals surface area contributed by atoms with E-state index in [9.17, 15) is 42.7 Å². The Morgan fingerprint density at radius 2 is 1.65 bits per heavy atom.